The van der Waals surface area contributed by atoms with Gasteiger partial charge in [-0.15, -0.1) is 10.2 Å². The minimum atomic E-state index is 0.0693. The zero-order valence-corrected chi connectivity index (χ0v) is 18.7. The molecule has 1 heterocycles. The van der Waals surface area contributed by atoms with Gasteiger partial charge in [-0.2, -0.15) is 0 Å². The summed E-state index contributed by atoms with van der Waals surface area (Å²) >= 11 is 1.41. The van der Waals surface area contributed by atoms with E-state index in [-0.39, 0.29) is 5.91 Å². The molecule has 1 aromatic heterocycles. The highest BCUT2D eigenvalue weighted by Gasteiger charge is 2.23. The van der Waals surface area contributed by atoms with Gasteiger partial charge in [0.15, 0.2) is 11.0 Å². The van der Waals surface area contributed by atoms with Crippen molar-refractivity contribution >= 4 is 17.7 Å². The number of carbonyl (C=O) groups excluding carboxylic acids is 1. The Morgan fingerprint density at radius 1 is 1.24 bits per heavy atom. The number of aromatic nitrogens is 3. The van der Waals surface area contributed by atoms with Crippen LogP contribution in [0, 0.1) is 5.92 Å². The molecule has 7 heteroatoms. The molecule has 29 heavy (non-hydrogen) atoms. The molecule has 1 aliphatic carbocycles. The third-order valence-electron chi connectivity index (χ3n) is 5.63. The molecule has 0 radical (unpaired) electrons. The molecule has 1 aliphatic rings. The Morgan fingerprint density at radius 2 is 1.97 bits per heavy atom. The Labute approximate surface area is 177 Å². The summed E-state index contributed by atoms with van der Waals surface area (Å²) < 4.78 is 7.74. The second-order valence-corrected chi connectivity index (χ2v) is 9.14. The topological polar surface area (TPSA) is 69.0 Å². The normalized spacial score (nSPS) is 19.3. The van der Waals surface area contributed by atoms with Crippen LogP contribution < -0.4 is 10.1 Å². The first-order chi connectivity index (χ1) is 13.9. The molecule has 1 N–H and O–H groups in total. The van der Waals surface area contributed by atoms with E-state index in [1.807, 2.05) is 23.7 Å². The number of thioether (sulfide) groups is 1. The summed E-state index contributed by atoms with van der Waals surface area (Å²) in [6.45, 7) is 6.91. The van der Waals surface area contributed by atoms with E-state index in [0.717, 1.165) is 23.2 Å². The molecule has 0 spiro atoms. The fourth-order valence-electron chi connectivity index (χ4n) is 3.60. The van der Waals surface area contributed by atoms with E-state index in [9.17, 15) is 4.79 Å². The Hall–Kier alpha value is -2.02. The van der Waals surface area contributed by atoms with E-state index in [0.29, 0.717) is 30.2 Å². The van der Waals surface area contributed by atoms with Crippen molar-refractivity contribution in [2.45, 2.75) is 70.2 Å². The number of nitrogens with zero attached hydrogens (tertiary/aromatic N) is 3. The van der Waals surface area contributed by atoms with Gasteiger partial charge >= 0.3 is 0 Å². The zero-order chi connectivity index (χ0) is 20.8. The van der Waals surface area contributed by atoms with Crippen LogP contribution in [0.15, 0.2) is 29.4 Å². The number of hydrogen-bond acceptors (Lipinski definition) is 5. The maximum absolute atomic E-state index is 12.3. The van der Waals surface area contributed by atoms with Crippen molar-refractivity contribution in [1.29, 1.82) is 0 Å². The van der Waals surface area contributed by atoms with Crippen LogP contribution in [0.1, 0.15) is 63.8 Å². The number of amides is 1. The van der Waals surface area contributed by atoms with Gasteiger partial charge in [0.25, 0.3) is 0 Å². The molecule has 1 amide bonds. The van der Waals surface area contributed by atoms with Crippen LogP contribution in [0.5, 0.6) is 5.75 Å². The van der Waals surface area contributed by atoms with Crippen molar-refractivity contribution in [1.82, 2.24) is 20.1 Å². The van der Waals surface area contributed by atoms with Gasteiger partial charge in [-0.05, 0) is 42.4 Å². The average Bonchev–Trinajstić information content (AvgIpc) is 3.06. The van der Waals surface area contributed by atoms with E-state index >= 15 is 0 Å². The molecular formula is C22H32N4O2S. The first-order valence-corrected chi connectivity index (χ1v) is 11.5. The largest absolute Gasteiger partial charge is 0.486 e. The highest BCUT2D eigenvalue weighted by Crippen LogP contribution is 2.24. The Morgan fingerprint density at radius 3 is 2.66 bits per heavy atom. The molecule has 2 aromatic rings. The van der Waals surface area contributed by atoms with E-state index in [1.165, 1.54) is 36.6 Å². The van der Waals surface area contributed by atoms with Gasteiger partial charge in [-0.1, -0.05) is 57.5 Å². The van der Waals surface area contributed by atoms with Crippen molar-refractivity contribution in [2.24, 2.45) is 13.0 Å². The van der Waals surface area contributed by atoms with Gasteiger partial charge in [0.1, 0.15) is 12.4 Å². The summed E-state index contributed by atoms with van der Waals surface area (Å²) in [7, 11) is 1.91. The monoisotopic (exact) mass is 416 g/mol. The Balaban J connectivity index is 1.48. The van der Waals surface area contributed by atoms with Crippen molar-refractivity contribution in [3.05, 3.63) is 35.7 Å². The van der Waals surface area contributed by atoms with Gasteiger partial charge in [-0.25, -0.2) is 0 Å². The van der Waals surface area contributed by atoms with E-state index < -0.39 is 0 Å². The van der Waals surface area contributed by atoms with Gasteiger partial charge < -0.3 is 14.6 Å². The van der Waals surface area contributed by atoms with Crippen LogP contribution in [-0.2, 0) is 18.4 Å². The summed E-state index contributed by atoms with van der Waals surface area (Å²) in [6.07, 6.45) is 4.76. The van der Waals surface area contributed by atoms with E-state index in [1.54, 1.807) is 0 Å². The number of carbonyl (C=O) groups is 1. The van der Waals surface area contributed by atoms with Crippen molar-refractivity contribution < 1.29 is 9.53 Å². The minimum absolute atomic E-state index is 0.0693. The first kappa shape index (κ1) is 21.7. The van der Waals surface area contributed by atoms with Gasteiger partial charge in [0.2, 0.25) is 5.91 Å². The second kappa shape index (κ2) is 10.1. The highest BCUT2D eigenvalue weighted by molar-refractivity contribution is 7.99. The van der Waals surface area contributed by atoms with Crippen LogP contribution >= 0.6 is 11.8 Å². The Bertz CT molecular complexity index is 804. The number of benzene rings is 1. The maximum Gasteiger partial charge on any atom is 0.230 e. The Kier molecular flexibility index (Phi) is 7.58. The summed E-state index contributed by atoms with van der Waals surface area (Å²) in [4.78, 5) is 12.3. The summed E-state index contributed by atoms with van der Waals surface area (Å²) in [5, 5.41) is 12.3. The molecule has 0 unspecified atom stereocenters. The molecule has 158 valence electrons. The molecule has 6 nitrogen and oxygen atoms in total. The van der Waals surface area contributed by atoms with Crippen LogP contribution in [0.4, 0.5) is 0 Å². The molecule has 3 rings (SSSR count). The third-order valence-corrected chi connectivity index (χ3v) is 6.65. The fourth-order valence-corrected chi connectivity index (χ4v) is 4.34. The van der Waals surface area contributed by atoms with Crippen LogP contribution in [0.3, 0.4) is 0 Å². The van der Waals surface area contributed by atoms with Crippen molar-refractivity contribution in [2.75, 3.05) is 5.75 Å². The number of rotatable bonds is 8. The standard InChI is InChI=1S/C22H32N4O2S/c1-15(2)17-9-11-18(12-10-17)28-13-20-24-25-22(26(20)4)29-14-21(27)23-19-8-6-5-7-16(19)3/h9-12,15-16,19H,5-8,13-14H2,1-4H3,(H,23,27)/t16-,19+/m0/s1. The van der Waals surface area contributed by atoms with E-state index in [4.69, 9.17) is 4.74 Å². The smallest absolute Gasteiger partial charge is 0.230 e. The lowest BCUT2D eigenvalue weighted by atomic mass is 9.86. The lowest BCUT2D eigenvalue weighted by molar-refractivity contribution is -0.119. The fraction of sp³-hybridized carbons (Fsp3) is 0.591. The SMILES string of the molecule is CC(C)c1ccc(OCc2nnc(SCC(=O)N[C@@H]3CCCC[C@@H]3C)n2C)cc1. The predicted octanol–water partition coefficient (Wildman–Crippen LogP) is 4.30. The number of hydrogen-bond donors (Lipinski definition) is 1. The summed E-state index contributed by atoms with van der Waals surface area (Å²) in [5.74, 6) is 3.04. The lowest BCUT2D eigenvalue weighted by Crippen LogP contribution is -2.41. The van der Waals surface area contributed by atoms with Gasteiger partial charge in [0.05, 0.1) is 5.75 Å². The second-order valence-electron chi connectivity index (χ2n) is 8.19. The molecule has 1 saturated carbocycles. The summed E-state index contributed by atoms with van der Waals surface area (Å²) in [6, 6.07) is 8.45. The minimum Gasteiger partial charge on any atom is -0.486 e. The van der Waals surface area contributed by atoms with Gasteiger partial charge in [-0.3, -0.25) is 4.79 Å². The summed E-state index contributed by atoms with van der Waals surface area (Å²) in [5.41, 5.74) is 1.29. The highest BCUT2D eigenvalue weighted by atomic mass is 32.2. The van der Waals surface area contributed by atoms with Crippen LogP contribution in [0.25, 0.3) is 0 Å². The molecule has 0 saturated heterocycles. The van der Waals surface area contributed by atoms with Crippen molar-refractivity contribution in [3.8, 4) is 5.75 Å². The first-order valence-electron chi connectivity index (χ1n) is 10.5. The van der Waals surface area contributed by atoms with E-state index in [2.05, 4.69) is 48.4 Å². The molecule has 1 aromatic carbocycles. The lowest BCUT2D eigenvalue weighted by Gasteiger charge is -2.29. The molecule has 1 fully saturated rings. The van der Waals surface area contributed by atoms with Gasteiger partial charge in [0, 0.05) is 13.1 Å². The maximum atomic E-state index is 12.3. The molecular weight excluding hydrogens is 384 g/mol. The zero-order valence-electron chi connectivity index (χ0n) is 17.9. The van der Waals surface area contributed by atoms with Crippen LogP contribution in [0.2, 0.25) is 0 Å². The molecule has 0 bridgehead atoms. The quantitative estimate of drug-likeness (QED) is 0.650. The van der Waals surface area contributed by atoms with Crippen LogP contribution in [-0.4, -0.2) is 32.5 Å². The number of ether oxygens (including phenoxy) is 1. The van der Waals surface area contributed by atoms with Crippen molar-refractivity contribution in [3.63, 3.8) is 0 Å². The molecule has 2 atom stereocenters. The predicted molar refractivity (Wildman–Crippen MR) is 116 cm³/mol. The third kappa shape index (κ3) is 5.98. The number of nitrogens with one attached hydrogen (secondary N) is 1. The molecule has 0 aliphatic heterocycles. The average molecular weight is 417 g/mol.